The summed E-state index contributed by atoms with van der Waals surface area (Å²) in [6.45, 7) is 1.87. The molecule has 0 spiro atoms. The Labute approximate surface area is 146 Å². The lowest BCUT2D eigenvalue weighted by molar-refractivity contribution is -0.137. The molecule has 4 nitrogen and oxygen atoms in total. The van der Waals surface area contributed by atoms with Crippen molar-refractivity contribution < 1.29 is 13.2 Å². The lowest BCUT2D eigenvalue weighted by Gasteiger charge is -2.11. The maximum absolute atomic E-state index is 13.1. The van der Waals surface area contributed by atoms with Gasteiger partial charge in [-0.1, -0.05) is 6.07 Å². The molecule has 0 aliphatic heterocycles. The van der Waals surface area contributed by atoms with E-state index in [-0.39, 0.29) is 0 Å². The molecular formula is C19H13F3N4. The SMILES string of the molecule is Cc1cccc(-c2[nH]ncc2-c2ccnc3ccc(C(F)(F)F)cc23)n1. The minimum atomic E-state index is -4.42. The Morgan fingerprint density at radius 3 is 2.62 bits per heavy atom. The highest BCUT2D eigenvalue weighted by atomic mass is 19.4. The standard InChI is InChI=1S/C19H13F3N4/c1-11-3-2-4-17(25-11)18-15(10-24-26-18)13-7-8-23-16-6-5-12(9-14(13)16)19(20,21)22/h2-10H,1H3,(H,24,26). The van der Waals surface area contributed by atoms with Gasteiger partial charge in [-0.15, -0.1) is 0 Å². The van der Waals surface area contributed by atoms with Crippen molar-refractivity contribution in [2.24, 2.45) is 0 Å². The zero-order valence-corrected chi connectivity index (χ0v) is 13.7. The Bertz CT molecular complexity index is 1100. The predicted octanol–water partition coefficient (Wildman–Crippen LogP) is 5.01. The van der Waals surface area contributed by atoms with Crippen LogP contribution in [0.3, 0.4) is 0 Å². The van der Waals surface area contributed by atoms with Crippen LogP contribution in [0.5, 0.6) is 0 Å². The molecule has 0 fully saturated rings. The molecule has 1 aromatic carbocycles. The van der Waals surface area contributed by atoms with Crippen LogP contribution in [0.1, 0.15) is 11.3 Å². The average Bonchev–Trinajstić information content (AvgIpc) is 3.09. The summed E-state index contributed by atoms with van der Waals surface area (Å²) in [4.78, 5) is 8.65. The number of benzene rings is 1. The van der Waals surface area contributed by atoms with Crippen LogP contribution in [-0.4, -0.2) is 20.2 Å². The molecule has 0 aliphatic carbocycles. The van der Waals surface area contributed by atoms with E-state index in [0.717, 1.165) is 17.8 Å². The Kier molecular flexibility index (Phi) is 3.72. The van der Waals surface area contributed by atoms with Gasteiger partial charge in [-0.2, -0.15) is 18.3 Å². The number of pyridine rings is 2. The summed E-state index contributed by atoms with van der Waals surface area (Å²) in [5.74, 6) is 0. The minimum absolute atomic E-state index is 0.414. The van der Waals surface area contributed by atoms with Gasteiger partial charge in [0.15, 0.2) is 0 Å². The van der Waals surface area contributed by atoms with E-state index in [4.69, 9.17) is 0 Å². The van der Waals surface area contributed by atoms with E-state index in [1.807, 2.05) is 25.1 Å². The number of nitrogens with zero attached hydrogens (tertiary/aromatic N) is 3. The molecule has 26 heavy (non-hydrogen) atoms. The third kappa shape index (κ3) is 2.81. The van der Waals surface area contributed by atoms with Gasteiger partial charge in [-0.3, -0.25) is 15.1 Å². The van der Waals surface area contributed by atoms with Crippen molar-refractivity contribution in [1.82, 2.24) is 20.2 Å². The van der Waals surface area contributed by atoms with Gasteiger partial charge in [0.25, 0.3) is 0 Å². The molecule has 4 rings (SSSR count). The predicted molar refractivity (Wildman–Crippen MR) is 92.3 cm³/mol. The van der Waals surface area contributed by atoms with Gasteiger partial charge in [0.1, 0.15) is 0 Å². The number of hydrogen-bond acceptors (Lipinski definition) is 3. The van der Waals surface area contributed by atoms with Crippen LogP contribution in [0, 0.1) is 6.92 Å². The minimum Gasteiger partial charge on any atom is -0.276 e. The molecule has 0 atom stereocenters. The Morgan fingerprint density at radius 2 is 1.85 bits per heavy atom. The smallest absolute Gasteiger partial charge is 0.276 e. The fraction of sp³-hybridized carbons (Fsp3) is 0.105. The van der Waals surface area contributed by atoms with Crippen molar-refractivity contribution in [1.29, 1.82) is 0 Å². The first kappa shape index (κ1) is 16.3. The number of aromatic nitrogens is 4. The first-order valence-corrected chi connectivity index (χ1v) is 7.87. The van der Waals surface area contributed by atoms with Crippen LogP contribution in [0.15, 0.2) is 54.9 Å². The van der Waals surface area contributed by atoms with Gasteiger partial charge in [-0.05, 0) is 48.9 Å². The second-order valence-corrected chi connectivity index (χ2v) is 5.91. The quantitative estimate of drug-likeness (QED) is 0.550. The molecule has 7 heteroatoms. The second-order valence-electron chi connectivity index (χ2n) is 5.91. The highest BCUT2D eigenvalue weighted by molar-refractivity contribution is 5.97. The monoisotopic (exact) mass is 354 g/mol. The Morgan fingerprint density at radius 1 is 1.00 bits per heavy atom. The molecule has 0 aliphatic rings. The normalized spacial score (nSPS) is 11.8. The highest BCUT2D eigenvalue weighted by Gasteiger charge is 2.30. The average molecular weight is 354 g/mol. The van der Waals surface area contributed by atoms with Gasteiger partial charge in [0.05, 0.1) is 28.7 Å². The number of aromatic amines is 1. The maximum Gasteiger partial charge on any atom is 0.416 e. The third-order valence-corrected chi connectivity index (χ3v) is 4.14. The zero-order chi connectivity index (χ0) is 18.3. The van der Waals surface area contributed by atoms with Crippen LogP contribution in [0.4, 0.5) is 13.2 Å². The zero-order valence-electron chi connectivity index (χ0n) is 13.7. The van der Waals surface area contributed by atoms with E-state index in [2.05, 4.69) is 20.2 Å². The molecule has 0 amide bonds. The molecule has 4 aromatic rings. The Hall–Kier alpha value is -3.22. The lowest BCUT2D eigenvalue weighted by atomic mass is 9.99. The summed E-state index contributed by atoms with van der Waals surface area (Å²) < 4.78 is 39.4. The fourth-order valence-corrected chi connectivity index (χ4v) is 2.93. The van der Waals surface area contributed by atoms with E-state index in [1.54, 1.807) is 18.5 Å². The van der Waals surface area contributed by atoms with E-state index >= 15 is 0 Å². The molecule has 0 unspecified atom stereocenters. The number of halogens is 3. The summed E-state index contributed by atoms with van der Waals surface area (Å²) in [7, 11) is 0. The van der Waals surface area contributed by atoms with Crippen LogP contribution in [0.25, 0.3) is 33.4 Å². The summed E-state index contributed by atoms with van der Waals surface area (Å²) in [5, 5.41) is 7.39. The molecule has 0 saturated heterocycles. The molecule has 0 saturated carbocycles. The highest BCUT2D eigenvalue weighted by Crippen LogP contribution is 2.37. The molecule has 1 N–H and O–H groups in total. The molecule has 0 radical (unpaired) electrons. The molecule has 0 bridgehead atoms. The lowest BCUT2D eigenvalue weighted by Crippen LogP contribution is -2.04. The Balaban J connectivity index is 1.95. The first-order chi connectivity index (χ1) is 12.4. The number of alkyl halides is 3. The summed E-state index contributed by atoms with van der Waals surface area (Å²) in [5.41, 5.74) is 3.23. The number of rotatable bonds is 2. The van der Waals surface area contributed by atoms with Gasteiger partial charge < -0.3 is 0 Å². The van der Waals surface area contributed by atoms with E-state index < -0.39 is 11.7 Å². The van der Waals surface area contributed by atoms with Gasteiger partial charge in [0, 0.05) is 22.8 Å². The first-order valence-electron chi connectivity index (χ1n) is 7.87. The summed E-state index contributed by atoms with van der Waals surface area (Å²) in [6.07, 6.45) is -1.25. The van der Waals surface area contributed by atoms with E-state index in [1.165, 1.54) is 6.07 Å². The number of hydrogen-bond donors (Lipinski definition) is 1. The molecular weight excluding hydrogens is 341 g/mol. The molecule has 130 valence electrons. The van der Waals surface area contributed by atoms with Crippen molar-refractivity contribution in [3.63, 3.8) is 0 Å². The van der Waals surface area contributed by atoms with Crippen LogP contribution in [-0.2, 0) is 6.18 Å². The van der Waals surface area contributed by atoms with Crippen molar-refractivity contribution in [3.05, 3.63) is 66.1 Å². The third-order valence-electron chi connectivity index (χ3n) is 4.14. The van der Waals surface area contributed by atoms with Crippen LogP contribution in [0.2, 0.25) is 0 Å². The van der Waals surface area contributed by atoms with Gasteiger partial charge >= 0.3 is 6.18 Å². The van der Waals surface area contributed by atoms with Crippen molar-refractivity contribution >= 4 is 10.9 Å². The van der Waals surface area contributed by atoms with Crippen molar-refractivity contribution in [3.8, 4) is 22.5 Å². The van der Waals surface area contributed by atoms with Crippen LogP contribution < -0.4 is 0 Å². The van der Waals surface area contributed by atoms with Gasteiger partial charge in [0.2, 0.25) is 0 Å². The summed E-state index contributed by atoms with van der Waals surface area (Å²) in [6, 6.07) is 10.8. The number of H-pyrrole nitrogens is 1. The number of fused-ring (bicyclic) bond motifs is 1. The van der Waals surface area contributed by atoms with Crippen molar-refractivity contribution in [2.75, 3.05) is 0 Å². The second kappa shape index (κ2) is 5.94. The number of aryl methyl sites for hydroxylation is 1. The van der Waals surface area contributed by atoms with Gasteiger partial charge in [-0.25, -0.2) is 0 Å². The largest absolute Gasteiger partial charge is 0.416 e. The van der Waals surface area contributed by atoms with E-state index in [0.29, 0.717) is 33.4 Å². The van der Waals surface area contributed by atoms with Crippen LogP contribution >= 0.6 is 0 Å². The number of nitrogens with one attached hydrogen (secondary N) is 1. The summed E-state index contributed by atoms with van der Waals surface area (Å²) >= 11 is 0. The maximum atomic E-state index is 13.1. The molecule has 3 heterocycles. The fourth-order valence-electron chi connectivity index (χ4n) is 2.93. The van der Waals surface area contributed by atoms with E-state index in [9.17, 15) is 13.2 Å². The topological polar surface area (TPSA) is 54.5 Å². The molecule has 3 aromatic heterocycles. The van der Waals surface area contributed by atoms with Crippen molar-refractivity contribution in [2.45, 2.75) is 13.1 Å².